The summed E-state index contributed by atoms with van der Waals surface area (Å²) in [6.45, 7) is 5.96. The molecule has 0 aliphatic carbocycles. The van der Waals surface area contributed by atoms with Crippen LogP contribution in [-0.2, 0) is 4.74 Å². The minimum absolute atomic E-state index is 0.172. The molecule has 4 nitrogen and oxygen atoms in total. The van der Waals surface area contributed by atoms with Crippen molar-refractivity contribution in [2.24, 2.45) is 0 Å². The molecule has 112 valence electrons. The van der Waals surface area contributed by atoms with Gasteiger partial charge in [-0.3, -0.25) is 0 Å². The van der Waals surface area contributed by atoms with Crippen LogP contribution in [0.15, 0.2) is 18.2 Å². The molecule has 0 fully saturated rings. The fourth-order valence-corrected chi connectivity index (χ4v) is 2.41. The summed E-state index contributed by atoms with van der Waals surface area (Å²) in [5, 5.41) is 10.5. The molecule has 0 aromatic heterocycles. The van der Waals surface area contributed by atoms with Crippen LogP contribution in [0.25, 0.3) is 0 Å². The summed E-state index contributed by atoms with van der Waals surface area (Å²) in [6.07, 6.45) is 1.89. The summed E-state index contributed by atoms with van der Waals surface area (Å²) in [6, 6.07) is 5.63. The Kier molecular flexibility index (Phi) is 5.68. The molecular formula is C16H24O4. The van der Waals surface area contributed by atoms with Crippen molar-refractivity contribution in [3.63, 3.8) is 0 Å². The molecule has 0 saturated carbocycles. The summed E-state index contributed by atoms with van der Waals surface area (Å²) in [5.41, 5.74) is 0.821. The lowest BCUT2D eigenvalue weighted by atomic mass is 10.0. The van der Waals surface area contributed by atoms with Gasteiger partial charge in [-0.05, 0) is 31.0 Å². The lowest BCUT2D eigenvalue weighted by Gasteiger charge is -2.23. The maximum Gasteiger partial charge on any atom is 0.161 e. The second kappa shape index (κ2) is 7.50. The van der Waals surface area contributed by atoms with E-state index >= 15 is 0 Å². The third-order valence-electron chi connectivity index (χ3n) is 3.42. The Hall–Kier alpha value is -1.26. The lowest BCUT2D eigenvalue weighted by molar-refractivity contribution is -0.0385. The number of ether oxygens (including phenoxy) is 3. The first-order chi connectivity index (χ1) is 9.76. The van der Waals surface area contributed by atoms with Gasteiger partial charge in [-0.1, -0.05) is 19.4 Å². The van der Waals surface area contributed by atoms with Crippen LogP contribution in [0.5, 0.6) is 11.5 Å². The third kappa shape index (κ3) is 3.64. The summed E-state index contributed by atoms with van der Waals surface area (Å²) >= 11 is 0. The monoisotopic (exact) mass is 280 g/mol. The van der Waals surface area contributed by atoms with Crippen LogP contribution in [0.3, 0.4) is 0 Å². The third-order valence-corrected chi connectivity index (χ3v) is 3.42. The molecule has 1 N–H and O–H groups in total. The van der Waals surface area contributed by atoms with Gasteiger partial charge in [-0.2, -0.15) is 0 Å². The van der Waals surface area contributed by atoms with Gasteiger partial charge in [0.1, 0.15) is 6.10 Å². The van der Waals surface area contributed by atoms with E-state index in [9.17, 15) is 5.11 Å². The topological polar surface area (TPSA) is 47.9 Å². The number of aliphatic hydroxyl groups is 1. The van der Waals surface area contributed by atoms with Crippen LogP contribution >= 0.6 is 0 Å². The molecule has 0 amide bonds. The Morgan fingerprint density at radius 3 is 2.65 bits per heavy atom. The van der Waals surface area contributed by atoms with Gasteiger partial charge in [0.2, 0.25) is 0 Å². The Bertz CT molecular complexity index is 413. The Balaban J connectivity index is 2.16. The van der Waals surface area contributed by atoms with E-state index in [1.54, 1.807) is 0 Å². The summed E-state index contributed by atoms with van der Waals surface area (Å²) in [7, 11) is 0. The largest absolute Gasteiger partial charge is 0.490 e. The van der Waals surface area contributed by atoms with E-state index < -0.39 is 6.10 Å². The van der Waals surface area contributed by atoms with Crippen molar-refractivity contribution in [3.8, 4) is 11.5 Å². The Morgan fingerprint density at radius 2 is 1.95 bits per heavy atom. The first-order valence-electron chi connectivity index (χ1n) is 7.45. The number of hydrogen-bond donors (Lipinski definition) is 1. The summed E-state index contributed by atoms with van der Waals surface area (Å²) in [5.74, 6) is 1.47. The second-order valence-electron chi connectivity index (χ2n) is 4.98. The van der Waals surface area contributed by atoms with Crippen molar-refractivity contribution in [1.29, 1.82) is 0 Å². The summed E-state index contributed by atoms with van der Waals surface area (Å²) < 4.78 is 16.9. The van der Waals surface area contributed by atoms with Crippen LogP contribution in [0, 0.1) is 0 Å². The molecule has 2 atom stereocenters. The van der Waals surface area contributed by atoms with E-state index in [0.717, 1.165) is 30.6 Å². The van der Waals surface area contributed by atoms with Gasteiger partial charge < -0.3 is 19.3 Å². The maximum atomic E-state index is 10.5. The molecule has 1 aromatic carbocycles. The summed E-state index contributed by atoms with van der Waals surface area (Å²) in [4.78, 5) is 0. The Morgan fingerprint density at radius 1 is 1.20 bits per heavy atom. The van der Waals surface area contributed by atoms with Crippen LogP contribution in [0.2, 0.25) is 0 Å². The van der Waals surface area contributed by atoms with Crippen LogP contribution < -0.4 is 9.47 Å². The van der Waals surface area contributed by atoms with Gasteiger partial charge in [0.15, 0.2) is 11.5 Å². The smallest absolute Gasteiger partial charge is 0.161 e. The van der Waals surface area contributed by atoms with Gasteiger partial charge in [0.05, 0.1) is 19.3 Å². The fourth-order valence-electron chi connectivity index (χ4n) is 2.41. The van der Waals surface area contributed by atoms with E-state index in [4.69, 9.17) is 14.2 Å². The predicted molar refractivity (Wildman–Crippen MR) is 77.3 cm³/mol. The quantitative estimate of drug-likeness (QED) is 0.870. The SMILES string of the molecule is CCCC(OCC)C(O)c1ccc2c(c1)OCCCO2. The van der Waals surface area contributed by atoms with E-state index in [-0.39, 0.29) is 6.10 Å². The normalized spacial score (nSPS) is 17.4. The van der Waals surface area contributed by atoms with Crippen LogP contribution in [0.1, 0.15) is 44.8 Å². The number of fused-ring (bicyclic) bond motifs is 1. The molecule has 20 heavy (non-hydrogen) atoms. The molecule has 0 radical (unpaired) electrons. The molecule has 1 aromatic rings. The van der Waals surface area contributed by atoms with Crippen molar-refractivity contribution in [1.82, 2.24) is 0 Å². The molecular weight excluding hydrogens is 256 g/mol. The van der Waals surface area contributed by atoms with E-state index in [1.165, 1.54) is 0 Å². The van der Waals surface area contributed by atoms with Gasteiger partial charge in [0, 0.05) is 13.0 Å². The van der Waals surface area contributed by atoms with Crippen molar-refractivity contribution in [3.05, 3.63) is 23.8 Å². The molecule has 2 rings (SSSR count). The highest BCUT2D eigenvalue weighted by atomic mass is 16.5. The Labute approximate surface area is 120 Å². The van der Waals surface area contributed by atoms with Gasteiger partial charge in [-0.15, -0.1) is 0 Å². The zero-order chi connectivity index (χ0) is 14.4. The van der Waals surface area contributed by atoms with E-state index in [2.05, 4.69) is 6.92 Å². The first-order valence-corrected chi connectivity index (χ1v) is 7.45. The van der Waals surface area contributed by atoms with Gasteiger partial charge >= 0.3 is 0 Å². The highest BCUT2D eigenvalue weighted by Crippen LogP contribution is 2.34. The van der Waals surface area contributed by atoms with Crippen molar-refractivity contribution in [2.75, 3.05) is 19.8 Å². The number of aliphatic hydroxyl groups excluding tert-OH is 1. The highest BCUT2D eigenvalue weighted by Gasteiger charge is 2.22. The fraction of sp³-hybridized carbons (Fsp3) is 0.625. The molecule has 1 aliphatic rings. The molecule has 4 heteroatoms. The second-order valence-corrected chi connectivity index (χ2v) is 4.98. The molecule has 1 aliphatic heterocycles. The van der Waals surface area contributed by atoms with Crippen molar-refractivity contribution in [2.45, 2.75) is 45.3 Å². The standard InChI is InChI=1S/C16H24O4/c1-3-6-14(18-4-2)16(17)12-7-8-13-15(11-12)20-10-5-9-19-13/h7-8,11,14,16-17H,3-6,9-10H2,1-2H3. The van der Waals surface area contributed by atoms with E-state index in [0.29, 0.717) is 25.6 Å². The predicted octanol–water partition coefficient (Wildman–Crippen LogP) is 3.09. The van der Waals surface area contributed by atoms with Gasteiger partial charge in [-0.25, -0.2) is 0 Å². The van der Waals surface area contributed by atoms with Crippen LogP contribution in [0.4, 0.5) is 0 Å². The average molecular weight is 280 g/mol. The minimum Gasteiger partial charge on any atom is -0.490 e. The van der Waals surface area contributed by atoms with Crippen molar-refractivity contribution < 1.29 is 19.3 Å². The lowest BCUT2D eigenvalue weighted by Crippen LogP contribution is -2.22. The maximum absolute atomic E-state index is 10.5. The molecule has 2 unspecified atom stereocenters. The minimum atomic E-state index is -0.632. The molecule has 1 heterocycles. The average Bonchev–Trinajstić information content (AvgIpc) is 2.70. The van der Waals surface area contributed by atoms with E-state index in [1.807, 2.05) is 25.1 Å². The molecule has 0 saturated heterocycles. The highest BCUT2D eigenvalue weighted by molar-refractivity contribution is 5.44. The first kappa shape index (κ1) is 15.1. The molecule has 0 bridgehead atoms. The number of rotatable bonds is 6. The van der Waals surface area contributed by atoms with Gasteiger partial charge in [0.25, 0.3) is 0 Å². The molecule has 0 spiro atoms. The zero-order valence-electron chi connectivity index (χ0n) is 12.3. The van der Waals surface area contributed by atoms with Crippen molar-refractivity contribution >= 4 is 0 Å². The zero-order valence-corrected chi connectivity index (χ0v) is 12.3. The van der Waals surface area contributed by atoms with Crippen LogP contribution in [-0.4, -0.2) is 31.0 Å². The number of benzene rings is 1. The number of hydrogen-bond acceptors (Lipinski definition) is 4.